The number of piperidine rings is 1. The van der Waals surface area contributed by atoms with E-state index in [0.29, 0.717) is 35.5 Å². The van der Waals surface area contributed by atoms with Gasteiger partial charge in [-0.3, -0.25) is 4.79 Å². The van der Waals surface area contributed by atoms with E-state index in [1.807, 2.05) is 24.3 Å². The van der Waals surface area contributed by atoms with Gasteiger partial charge in [-0.2, -0.15) is 4.98 Å². The van der Waals surface area contributed by atoms with Crippen molar-refractivity contribution in [3.8, 4) is 11.5 Å². The summed E-state index contributed by atoms with van der Waals surface area (Å²) in [6.07, 6.45) is 1.95. The number of hydrogen-bond acceptors (Lipinski definition) is 6. The second-order valence-corrected chi connectivity index (χ2v) is 7.17. The van der Waals surface area contributed by atoms with Gasteiger partial charge < -0.3 is 24.1 Å². The van der Waals surface area contributed by atoms with E-state index in [1.165, 1.54) is 0 Å². The third-order valence-corrected chi connectivity index (χ3v) is 5.36. The largest absolute Gasteiger partial charge is 0.493 e. The average molecular weight is 395 g/mol. The first kappa shape index (κ1) is 19.1. The lowest BCUT2D eigenvalue weighted by atomic mass is 9.97. The van der Waals surface area contributed by atoms with Crippen LogP contribution in [0.15, 0.2) is 46.9 Å². The molecule has 4 rings (SSSR count). The van der Waals surface area contributed by atoms with Crippen LogP contribution in [-0.2, 0) is 0 Å². The standard InChI is InChI=1S/C22H25N3O4/c1-27-19-8-7-16(13-20(19)28-2)21(26)23-14-15-9-11-25(12-10-15)22-24-17-5-3-4-6-18(17)29-22/h3-8,13,15H,9-12,14H2,1-2H3,(H,23,26). The molecule has 1 fully saturated rings. The third-order valence-electron chi connectivity index (χ3n) is 5.36. The van der Waals surface area contributed by atoms with Crippen molar-refractivity contribution in [1.82, 2.24) is 10.3 Å². The highest BCUT2D eigenvalue weighted by molar-refractivity contribution is 5.94. The van der Waals surface area contributed by atoms with Crippen molar-refractivity contribution in [2.24, 2.45) is 5.92 Å². The number of methoxy groups -OCH3 is 2. The molecule has 2 aromatic carbocycles. The average Bonchev–Trinajstić information content (AvgIpc) is 3.21. The Hall–Kier alpha value is -3.22. The first-order chi connectivity index (χ1) is 14.2. The van der Waals surface area contributed by atoms with E-state index in [-0.39, 0.29) is 5.91 Å². The number of nitrogens with zero attached hydrogens (tertiary/aromatic N) is 2. The van der Waals surface area contributed by atoms with Gasteiger partial charge in [-0.05, 0) is 49.1 Å². The molecule has 152 valence electrons. The number of rotatable bonds is 6. The van der Waals surface area contributed by atoms with Crippen LogP contribution in [0.4, 0.5) is 6.01 Å². The maximum Gasteiger partial charge on any atom is 0.298 e. The number of ether oxygens (including phenoxy) is 2. The van der Waals surface area contributed by atoms with Crippen LogP contribution in [0.5, 0.6) is 11.5 Å². The fourth-order valence-electron chi connectivity index (χ4n) is 3.64. The van der Waals surface area contributed by atoms with E-state index in [1.54, 1.807) is 32.4 Å². The molecule has 1 N–H and O–H groups in total. The Morgan fingerprint density at radius 1 is 1.14 bits per heavy atom. The Labute approximate surface area is 169 Å². The summed E-state index contributed by atoms with van der Waals surface area (Å²) in [4.78, 5) is 19.2. The van der Waals surface area contributed by atoms with Crippen molar-refractivity contribution >= 4 is 23.0 Å². The number of benzene rings is 2. The van der Waals surface area contributed by atoms with Crippen LogP contribution in [0.2, 0.25) is 0 Å². The molecule has 0 bridgehead atoms. The van der Waals surface area contributed by atoms with E-state index in [0.717, 1.165) is 37.0 Å². The SMILES string of the molecule is COc1ccc(C(=O)NCC2CCN(c3nc4ccccc4o3)CC2)cc1OC. The molecule has 7 heteroatoms. The predicted molar refractivity (Wildman–Crippen MR) is 111 cm³/mol. The lowest BCUT2D eigenvalue weighted by Crippen LogP contribution is -2.38. The van der Waals surface area contributed by atoms with Gasteiger partial charge in [0.25, 0.3) is 11.9 Å². The van der Waals surface area contributed by atoms with Crippen molar-refractivity contribution in [2.45, 2.75) is 12.8 Å². The van der Waals surface area contributed by atoms with Gasteiger partial charge in [0.1, 0.15) is 5.52 Å². The smallest absolute Gasteiger partial charge is 0.298 e. The number of carbonyl (C=O) groups excluding carboxylic acids is 1. The Kier molecular flexibility index (Phi) is 5.55. The molecule has 7 nitrogen and oxygen atoms in total. The highest BCUT2D eigenvalue weighted by Crippen LogP contribution is 2.28. The van der Waals surface area contributed by atoms with Crippen LogP contribution in [0.3, 0.4) is 0 Å². The second kappa shape index (κ2) is 8.43. The number of aromatic nitrogens is 1. The first-order valence-corrected chi connectivity index (χ1v) is 9.78. The third kappa shape index (κ3) is 4.13. The number of carbonyl (C=O) groups is 1. The quantitative estimate of drug-likeness (QED) is 0.689. The number of amides is 1. The molecular formula is C22H25N3O4. The maximum absolute atomic E-state index is 12.5. The zero-order valence-corrected chi connectivity index (χ0v) is 16.7. The Bertz CT molecular complexity index is 960. The number of para-hydroxylation sites is 2. The monoisotopic (exact) mass is 395 g/mol. The molecule has 1 aliphatic heterocycles. The molecule has 1 aliphatic rings. The van der Waals surface area contributed by atoms with Crippen LogP contribution < -0.4 is 19.7 Å². The summed E-state index contributed by atoms with van der Waals surface area (Å²) in [5.74, 6) is 1.48. The molecule has 0 aliphatic carbocycles. The van der Waals surface area contributed by atoms with E-state index in [2.05, 4.69) is 15.2 Å². The van der Waals surface area contributed by atoms with Crippen molar-refractivity contribution in [3.63, 3.8) is 0 Å². The van der Waals surface area contributed by atoms with E-state index in [9.17, 15) is 4.79 Å². The topological polar surface area (TPSA) is 76.8 Å². The molecular weight excluding hydrogens is 370 g/mol. The number of oxazole rings is 1. The summed E-state index contributed by atoms with van der Waals surface area (Å²) in [5, 5.41) is 3.04. The summed E-state index contributed by atoms with van der Waals surface area (Å²) in [6.45, 7) is 2.38. The fraction of sp³-hybridized carbons (Fsp3) is 0.364. The zero-order valence-electron chi connectivity index (χ0n) is 16.7. The minimum Gasteiger partial charge on any atom is -0.493 e. The Morgan fingerprint density at radius 2 is 1.90 bits per heavy atom. The minimum absolute atomic E-state index is 0.104. The van der Waals surface area contributed by atoms with E-state index in [4.69, 9.17) is 13.9 Å². The minimum atomic E-state index is -0.104. The van der Waals surface area contributed by atoms with Gasteiger partial charge in [0, 0.05) is 25.2 Å². The molecule has 0 saturated carbocycles. The number of fused-ring (bicyclic) bond motifs is 1. The summed E-state index contributed by atoms with van der Waals surface area (Å²) >= 11 is 0. The van der Waals surface area contributed by atoms with Crippen molar-refractivity contribution in [3.05, 3.63) is 48.0 Å². The van der Waals surface area contributed by atoms with Gasteiger partial charge in [0.15, 0.2) is 17.1 Å². The van der Waals surface area contributed by atoms with E-state index >= 15 is 0 Å². The van der Waals surface area contributed by atoms with Crippen LogP contribution >= 0.6 is 0 Å². The molecule has 3 aromatic rings. The molecule has 29 heavy (non-hydrogen) atoms. The molecule has 0 unspecified atom stereocenters. The highest BCUT2D eigenvalue weighted by atomic mass is 16.5. The molecule has 2 heterocycles. The predicted octanol–water partition coefficient (Wildman–Crippen LogP) is 3.49. The molecule has 0 spiro atoms. The normalized spacial score (nSPS) is 14.8. The highest BCUT2D eigenvalue weighted by Gasteiger charge is 2.23. The van der Waals surface area contributed by atoms with Crippen molar-refractivity contribution < 1.29 is 18.7 Å². The number of anilines is 1. The summed E-state index contributed by atoms with van der Waals surface area (Å²) in [6, 6.07) is 13.7. The lowest BCUT2D eigenvalue weighted by molar-refractivity contribution is 0.0944. The van der Waals surface area contributed by atoms with Crippen molar-refractivity contribution in [2.75, 3.05) is 38.8 Å². The molecule has 1 saturated heterocycles. The van der Waals surface area contributed by atoms with Crippen LogP contribution in [0, 0.1) is 5.92 Å². The second-order valence-electron chi connectivity index (χ2n) is 7.17. The zero-order chi connectivity index (χ0) is 20.2. The van der Waals surface area contributed by atoms with Gasteiger partial charge in [-0.15, -0.1) is 0 Å². The number of hydrogen-bond donors (Lipinski definition) is 1. The van der Waals surface area contributed by atoms with Gasteiger partial charge in [-0.1, -0.05) is 12.1 Å². The summed E-state index contributed by atoms with van der Waals surface area (Å²) < 4.78 is 16.4. The van der Waals surface area contributed by atoms with Crippen molar-refractivity contribution in [1.29, 1.82) is 0 Å². The first-order valence-electron chi connectivity index (χ1n) is 9.78. The summed E-state index contributed by atoms with van der Waals surface area (Å²) in [7, 11) is 3.13. The summed E-state index contributed by atoms with van der Waals surface area (Å²) in [5.41, 5.74) is 2.25. The molecule has 1 aromatic heterocycles. The van der Waals surface area contributed by atoms with Gasteiger partial charge in [-0.25, -0.2) is 0 Å². The number of nitrogens with one attached hydrogen (secondary N) is 1. The Balaban J connectivity index is 1.30. The molecule has 0 radical (unpaired) electrons. The Morgan fingerprint density at radius 3 is 2.62 bits per heavy atom. The van der Waals surface area contributed by atoms with Gasteiger partial charge in [0.05, 0.1) is 14.2 Å². The van der Waals surface area contributed by atoms with E-state index < -0.39 is 0 Å². The fourth-order valence-corrected chi connectivity index (χ4v) is 3.64. The molecule has 1 amide bonds. The maximum atomic E-state index is 12.5. The van der Waals surface area contributed by atoms with Crippen LogP contribution in [0.25, 0.3) is 11.1 Å². The lowest BCUT2D eigenvalue weighted by Gasteiger charge is -2.30. The van der Waals surface area contributed by atoms with Crippen LogP contribution in [-0.4, -0.2) is 44.7 Å². The molecule has 0 atom stereocenters. The van der Waals surface area contributed by atoms with Crippen LogP contribution in [0.1, 0.15) is 23.2 Å². The van der Waals surface area contributed by atoms with Gasteiger partial charge >= 0.3 is 0 Å². The van der Waals surface area contributed by atoms with Gasteiger partial charge in [0.2, 0.25) is 0 Å².